The zero-order chi connectivity index (χ0) is 35.1. The van der Waals surface area contributed by atoms with Crippen LogP contribution in [0.3, 0.4) is 0 Å². The van der Waals surface area contributed by atoms with E-state index in [9.17, 15) is 0 Å². The predicted molar refractivity (Wildman–Crippen MR) is 220 cm³/mol. The van der Waals surface area contributed by atoms with E-state index in [1.807, 2.05) is 0 Å². The van der Waals surface area contributed by atoms with Crippen molar-refractivity contribution in [3.63, 3.8) is 0 Å². The zero-order valence-electron chi connectivity index (χ0n) is 30.9. The van der Waals surface area contributed by atoms with Crippen LogP contribution in [0, 0.1) is 0 Å². The molecule has 0 radical (unpaired) electrons. The molecular weight excluding hydrogens is 615 g/mol. The number of benzene rings is 6. The van der Waals surface area contributed by atoms with Gasteiger partial charge in [0.15, 0.2) is 0 Å². The molecule has 0 atom stereocenters. The smallest absolute Gasteiger partial charge is 0.252 e. The Labute approximate surface area is 304 Å². The molecular formula is C48H47BN2. The van der Waals surface area contributed by atoms with E-state index in [-0.39, 0.29) is 17.5 Å². The van der Waals surface area contributed by atoms with Crippen molar-refractivity contribution in [2.75, 3.05) is 9.80 Å². The van der Waals surface area contributed by atoms with E-state index in [4.69, 9.17) is 0 Å². The molecule has 0 spiro atoms. The largest absolute Gasteiger partial charge is 0.311 e. The zero-order valence-corrected chi connectivity index (χ0v) is 30.9. The van der Waals surface area contributed by atoms with E-state index in [2.05, 4.69) is 179 Å². The van der Waals surface area contributed by atoms with Gasteiger partial charge in [0.25, 0.3) is 6.71 Å². The lowest BCUT2D eigenvalue weighted by molar-refractivity contribution is 0.590. The van der Waals surface area contributed by atoms with Crippen LogP contribution >= 0.6 is 0 Å². The molecule has 0 amide bonds. The summed E-state index contributed by atoms with van der Waals surface area (Å²) in [4.78, 5) is 5.15. The molecule has 1 aliphatic carbocycles. The summed E-state index contributed by atoms with van der Waals surface area (Å²) in [5.41, 5.74) is 20.1. The second-order valence-corrected chi connectivity index (χ2v) is 16.9. The minimum Gasteiger partial charge on any atom is -0.311 e. The van der Waals surface area contributed by atoms with Gasteiger partial charge in [0.05, 0.1) is 5.69 Å². The van der Waals surface area contributed by atoms with Crippen molar-refractivity contribution in [2.45, 2.75) is 78.1 Å². The molecule has 3 aliphatic rings. The standard InChI is InChI=1S/C48H47BN2/c1-47(2,3)35-25-27-41(38(30-35)32-16-9-7-10-17-32)51-43-23-15-22-42-46(43)49(39-26-24-36(31-45(39)51)48(4,5)6)40-28-33-18-13-14-19-34(33)29-44(40)50(42)37-20-11-8-12-21-37/h7-12,15-17,20-31H,13-14,18-19H2,1-6H3. The van der Waals surface area contributed by atoms with E-state index in [1.54, 1.807) is 0 Å². The average Bonchev–Trinajstić information content (AvgIpc) is 3.13. The minimum absolute atomic E-state index is 0.00876. The molecule has 0 saturated heterocycles. The van der Waals surface area contributed by atoms with Crippen LogP contribution in [-0.4, -0.2) is 6.71 Å². The quantitative estimate of drug-likeness (QED) is 0.174. The van der Waals surface area contributed by atoms with Crippen LogP contribution in [0.5, 0.6) is 0 Å². The summed E-state index contributed by atoms with van der Waals surface area (Å²) in [6, 6.07) is 48.7. The fourth-order valence-corrected chi connectivity index (χ4v) is 8.79. The molecule has 0 saturated carbocycles. The van der Waals surface area contributed by atoms with E-state index in [1.165, 1.54) is 96.7 Å². The van der Waals surface area contributed by atoms with Gasteiger partial charge in [0, 0.05) is 34.0 Å². The molecule has 6 aromatic carbocycles. The van der Waals surface area contributed by atoms with Crippen LogP contribution in [0.4, 0.5) is 34.1 Å². The molecule has 0 N–H and O–H groups in total. The topological polar surface area (TPSA) is 6.48 Å². The normalized spacial score (nSPS) is 14.8. The Morgan fingerprint density at radius 3 is 1.75 bits per heavy atom. The number of hydrogen-bond donors (Lipinski definition) is 0. The van der Waals surface area contributed by atoms with Crippen molar-refractivity contribution in [3.8, 4) is 11.1 Å². The van der Waals surface area contributed by atoms with Crippen molar-refractivity contribution in [2.24, 2.45) is 0 Å². The Hall–Kier alpha value is -5.02. The lowest BCUT2D eigenvalue weighted by Crippen LogP contribution is -2.61. The summed E-state index contributed by atoms with van der Waals surface area (Å²) < 4.78 is 0. The molecule has 252 valence electrons. The minimum atomic E-state index is 0.00876. The molecule has 0 aromatic heterocycles. The van der Waals surface area contributed by atoms with Crippen LogP contribution in [0.15, 0.2) is 127 Å². The summed E-state index contributed by atoms with van der Waals surface area (Å²) in [6.45, 7) is 14.1. The molecule has 51 heavy (non-hydrogen) atoms. The summed E-state index contributed by atoms with van der Waals surface area (Å²) >= 11 is 0. The molecule has 2 nitrogen and oxygen atoms in total. The Kier molecular flexibility index (Phi) is 7.37. The van der Waals surface area contributed by atoms with E-state index < -0.39 is 0 Å². The van der Waals surface area contributed by atoms with Crippen molar-refractivity contribution in [1.82, 2.24) is 0 Å². The summed E-state index contributed by atoms with van der Waals surface area (Å²) in [5.74, 6) is 0. The third-order valence-electron chi connectivity index (χ3n) is 11.5. The highest BCUT2D eigenvalue weighted by atomic mass is 15.2. The van der Waals surface area contributed by atoms with Crippen LogP contribution in [0.25, 0.3) is 11.1 Å². The summed E-state index contributed by atoms with van der Waals surface area (Å²) in [6.07, 6.45) is 4.87. The second-order valence-electron chi connectivity index (χ2n) is 16.9. The van der Waals surface area contributed by atoms with E-state index in [0.717, 1.165) is 12.8 Å². The maximum atomic E-state index is 2.60. The van der Waals surface area contributed by atoms with Crippen molar-refractivity contribution >= 4 is 57.2 Å². The van der Waals surface area contributed by atoms with Gasteiger partial charge in [-0.1, -0.05) is 120 Å². The number of anilines is 6. The first kappa shape index (κ1) is 31.9. The number of para-hydroxylation sites is 1. The van der Waals surface area contributed by atoms with Crippen molar-refractivity contribution in [3.05, 3.63) is 150 Å². The highest BCUT2D eigenvalue weighted by Gasteiger charge is 2.44. The van der Waals surface area contributed by atoms with Crippen LogP contribution in [0.2, 0.25) is 0 Å². The lowest BCUT2D eigenvalue weighted by atomic mass is 9.33. The maximum absolute atomic E-state index is 2.60. The number of aryl methyl sites for hydroxylation is 2. The first-order chi connectivity index (χ1) is 24.6. The first-order valence-electron chi connectivity index (χ1n) is 18.9. The predicted octanol–water partition coefficient (Wildman–Crippen LogP) is 10.9. The number of rotatable bonds is 3. The maximum Gasteiger partial charge on any atom is 0.252 e. The highest BCUT2D eigenvalue weighted by Crippen LogP contribution is 2.48. The van der Waals surface area contributed by atoms with Gasteiger partial charge in [0.1, 0.15) is 0 Å². The molecule has 2 aliphatic heterocycles. The first-order valence-corrected chi connectivity index (χ1v) is 18.9. The van der Waals surface area contributed by atoms with Gasteiger partial charge < -0.3 is 9.80 Å². The highest BCUT2D eigenvalue weighted by molar-refractivity contribution is 7.00. The van der Waals surface area contributed by atoms with Crippen molar-refractivity contribution in [1.29, 1.82) is 0 Å². The number of fused-ring (bicyclic) bond motifs is 5. The third-order valence-corrected chi connectivity index (χ3v) is 11.5. The average molecular weight is 663 g/mol. The van der Waals surface area contributed by atoms with Gasteiger partial charge in [-0.3, -0.25) is 0 Å². The molecule has 2 heterocycles. The Morgan fingerprint density at radius 2 is 1.06 bits per heavy atom. The summed E-state index contributed by atoms with van der Waals surface area (Å²) in [7, 11) is 0. The number of hydrogen-bond acceptors (Lipinski definition) is 2. The Bertz CT molecular complexity index is 2290. The molecule has 0 bridgehead atoms. The van der Waals surface area contributed by atoms with Crippen LogP contribution in [-0.2, 0) is 23.7 Å². The number of nitrogens with zero attached hydrogens (tertiary/aromatic N) is 2. The van der Waals surface area contributed by atoms with E-state index >= 15 is 0 Å². The van der Waals surface area contributed by atoms with Gasteiger partial charge in [0.2, 0.25) is 0 Å². The Balaban J connectivity index is 1.38. The van der Waals surface area contributed by atoms with Gasteiger partial charge in [-0.25, -0.2) is 0 Å². The van der Waals surface area contributed by atoms with Gasteiger partial charge in [-0.2, -0.15) is 0 Å². The monoisotopic (exact) mass is 662 g/mol. The lowest BCUT2D eigenvalue weighted by Gasteiger charge is -2.45. The molecule has 0 unspecified atom stereocenters. The van der Waals surface area contributed by atoms with Crippen molar-refractivity contribution < 1.29 is 0 Å². The van der Waals surface area contributed by atoms with Gasteiger partial charge >= 0.3 is 0 Å². The van der Waals surface area contributed by atoms with Gasteiger partial charge in [-0.15, -0.1) is 0 Å². The molecule has 3 heteroatoms. The third kappa shape index (κ3) is 5.24. The molecule has 0 fully saturated rings. The molecule has 9 rings (SSSR count). The SMILES string of the molecule is CC(C)(C)c1ccc(N2c3cc(C(C)(C)C)ccc3B3c4cc5c(cc4N(c4ccccc4)c4cccc2c43)CCCC5)c(-c2ccccc2)c1. The van der Waals surface area contributed by atoms with Crippen LogP contribution in [0.1, 0.15) is 76.6 Å². The fraction of sp³-hybridized carbons (Fsp3) is 0.250. The van der Waals surface area contributed by atoms with Crippen LogP contribution < -0.4 is 26.2 Å². The second kappa shape index (κ2) is 11.8. The summed E-state index contributed by atoms with van der Waals surface area (Å²) in [5, 5.41) is 0. The van der Waals surface area contributed by atoms with Gasteiger partial charge in [-0.05, 0) is 129 Å². The Morgan fingerprint density at radius 1 is 0.471 bits per heavy atom. The molecule has 6 aromatic rings. The fourth-order valence-electron chi connectivity index (χ4n) is 8.79. The van der Waals surface area contributed by atoms with E-state index in [0.29, 0.717) is 0 Å².